The summed E-state index contributed by atoms with van der Waals surface area (Å²) in [4.78, 5) is 13.4. The molecule has 1 aliphatic heterocycles. The van der Waals surface area contributed by atoms with Gasteiger partial charge in [-0.25, -0.2) is 4.79 Å². The first kappa shape index (κ1) is 12.3. The van der Waals surface area contributed by atoms with Gasteiger partial charge in [0.15, 0.2) is 0 Å². The van der Waals surface area contributed by atoms with Crippen molar-refractivity contribution in [1.29, 1.82) is 0 Å². The maximum Gasteiger partial charge on any atom is 0.410 e. The molecule has 1 atom stereocenters. The van der Waals surface area contributed by atoms with E-state index < -0.39 is 5.60 Å². The number of rotatable bonds is 1. The number of carbonyl (C=O) groups is 1. The number of hydrogen-bond acceptors (Lipinski definition) is 3. The minimum Gasteiger partial charge on any atom is -0.444 e. The zero-order valence-corrected chi connectivity index (χ0v) is 10.1. The number of nitrogens with zero attached hydrogens (tertiary/aromatic N) is 1. The summed E-state index contributed by atoms with van der Waals surface area (Å²) in [6.07, 6.45) is 1.93. The normalized spacial score (nSPS) is 22.7. The molecule has 1 amide bonds. The number of carbonyl (C=O) groups excluding carboxylic acids is 1. The van der Waals surface area contributed by atoms with E-state index in [1.165, 1.54) is 0 Å². The van der Waals surface area contributed by atoms with Gasteiger partial charge in [0, 0.05) is 13.7 Å². The predicted octanol–water partition coefficient (Wildman–Crippen LogP) is 2.03. The summed E-state index contributed by atoms with van der Waals surface area (Å²) in [7, 11) is 1.68. The Morgan fingerprint density at radius 1 is 1.40 bits per heavy atom. The lowest BCUT2D eigenvalue weighted by molar-refractivity contribution is -0.00620. The number of amides is 1. The van der Waals surface area contributed by atoms with Crippen LogP contribution in [0, 0.1) is 0 Å². The van der Waals surface area contributed by atoms with Crippen LogP contribution in [0.3, 0.4) is 0 Å². The summed E-state index contributed by atoms with van der Waals surface area (Å²) in [5.74, 6) is 0. The van der Waals surface area contributed by atoms with E-state index in [2.05, 4.69) is 0 Å². The molecule has 1 heterocycles. The van der Waals surface area contributed by atoms with Gasteiger partial charge in [-0.15, -0.1) is 0 Å². The molecule has 0 aliphatic carbocycles. The molecule has 0 aromatic heterocycles. The Morgan fingerprint density at radius 3 is 2.60 bits per heavy atom. The lowest BCUT2D eigenvalue weighted by atomic mass is 10.1. The number of ether oxygens (including phenoxy) is 2. The Kier molecular flexibility index (Phi) is 3.97. The molecule has 1 fully saturated rings. The highest BCUT2D eigenvalue weighted by atomic mass is 16.6. The minimum absolute atomic E-state index is 0.159. The van der Waals surface area contributed by atoms with E-state index in [1.54, 1.807) is 12.0 Å². The van der Waals surface area contributed by atoms with E-state index in [0.29, 0.717) is 6.54 Å². The quantitative estimate of drug-likeness (QED) is 0.672. The summed E-state index contributed by atoms with van der Waals surface area (Å²) in [6, 6.07) is 0. The molecule has 1 aliphatic rings. The monoisotopic (exact) mass is 215 g/mol. The molecule has 1 rings (SSSR count). The maximum atomic E-state index is 11.7. The average Bonchev–Trinajstić information content (AvgIpc) is 2.15. The fourth-order valence-corrected chi connectivity index (χ4v) is 1.62. The van der Waals surface area contributed by atoms with Crippen molar-refractivity contribution in [2.75, 3.05) is 20.2 Å². The first-order valence-electron chi connectivity index (χ1n) is 5.43. The van der Waals surface area contributed by atoms with Gasteiger partial charge in [-0.1, -0.05) is 0 Å². The molecular weight excluding hydrogens is 194 g/mol. The van der Waals surface area contributed by atoms with Crippen LogP contribution in [0.1, 0.15) is 33.6 Å². The molecule has 0 aromatic carbocycles. The first-order valence-corrected chi connectivity index (χ1v) is 5.43. The second-order valence-electron chi connectivity index (χ2n) is 4.93. The van der Waals surface area contributed by atoms with Crippen LogP contribution in [0.15, 0.2) is 0 Å². The lowest BCUT2D eigenvalue weighted by Gasteiger charge is -2.33. The molecule has 0 saturated carbocycles. The Bertz CT molecular complexity index is 222. The predicted molar refractivity (Wildman–Crippen MR) is 57.8 cm³/mol. The van der Waals surface area contributed by atoms with Crippen LogP contribution in [0.4, 0.5) is 4.79 Å². The van der Waals surface area contributed by atoms with Crippen molar-refractivity contribution in [2.24, 2.45) is 0 Å². The van der Waals surface area contributed by atoms with E-state index in [4.69, 9.17) is 9.47 Å². The third-order valence-electron chi connectivity index (χ3n) is 2.36. The molecular formula is C11H21NO3. The van der Waals surface area contributed by atoms with Crippen LogP contribution < -0.4 is 0 Å². The first-order chi connectivity index (χ1) is 6.92. The number of methoxy groups -OCH3 is 1. The van der Waals surface area contributed by atoms with Crippen molar-refractivity contribution in [2.45, 2.75) is 45.3 Å². The van der Waals surface area contributed by atoms with Crippen molar-refractivity contribution in [3.05, 3.63) is 0 Å². The third-order valence-corrected chi connectivity index (χ3v) is 2.36. The highest BCUT2D eigenvalue weighted by Gasteiger charge is 2.27. The molecule has 0 spiro atoms. The van der Waals surface area contributed by atoms with Gasteiger partial charge in [-0.2, -0.15) is 0 Å². The lowest BCUT2D eigenvalue weighted by Crippen LogP contribution is -2.45. The summed E-state index contributed by atoms with van der Waals surface area (Å²) >= 11 is 0. The minimum atomic E-state index is -0.420. The summed E-state index contributed by atoms with van der Waals surface area (Å²) < 4.78 is 10.6. The van der Waals surface area contributed by atoms with Crippen LogP contribution in [0.5, 0.6) is 0 Å². The molecule has 4 nitrogen and oxygen atoms in total. The molecule has 1 saturated heterocycles. The van der Waals surface area contributed by atoms with Crippen LogP contribution in [0.25, 0.3) is 0 Å². The molecule has 0 radical (unpaired) electrons. The van der Waals surface area contributed by atoms with Gasteiger partial charge in [0.05, 0.1) is 12.6 Å². The van der Waals surface area contributed by atoms with Crippen molar-refractivity contribution < 1.29 is 14.3 Å². The molecule has 0 N–H and O–H groups in total. The van der Waals surface area contributed by atoms with Crippen LogP contribution >= 0.6 is 0 Å². The van der Waals surface area contributed by atoms with E-state index in [-0.39, 0.29) is 12.2 Å². The molecule has 1 unspecified atom stereocenters. The van der Waals surface area contributed by atoms with Gasteiger partial charge in [0.25, 0.3) is 0 Å². The van der Waals surface area contributed by atoms with E-state index in [9.17, 15) is 4.79 Å². The molecule has 88 valence electrons. The molecule has 0 aromatic rings. The molecule has 4 heteroatoms. The average molecular weight is 215 g/mol. The second-order valence-corrected chi connectivity index (χ2v) is 4.93. The second kappa shape index (κ2) is 4.84. The van der Waals surface area contributed by atoms with Crippen LogP contribution in [0.2, 0.25) is 0 Å². The highest BCUT2D eigenvalue weighted by molar-refractivity contribution is 5.68. The zero-order valence-electron chi connectivity index (χ0n) is 10.1. The van der Waals surface area contributed by atoms with Crippen molar-refractivity contribution in [3.8, 4) is 0 Å². The fraction of sp³-hybridized carbons (Fsp3) is 0.909. The van der Waals surface area contributed by atoms with Crippen LogP contribution in [-0.2, 0) is 9.47 Å². The van der Waals surface area contributed by atoms with Crippen molar-refractivity contribution >= 4 is 6.09 Å². The van der Waals surface area contributed by atoms with Gasteiger partial charge in [-0.3, -0.25) is 0 Å². The SMILES string of the molecule is COC1CCCN(C(=O)OC(C)(C)C)C1. The van der Waals surface area contributed by atoms with E-state index in [1.807, 2.05) is 20.8 Å². The van der Waals surface area contributed by atoms with Gasteiger partial charge >= 0.3 is 6.09 Å². The number of hydrogen-bond donors (Lipinski definition) is 0. The smallest absolute Gasteiger partial charge is 0.410 e. The van der Waals surface area contributed by atoms with Gasteiger partial charge < -0.3 is 14.4 Å². The van der Waals surface area contributed by atoms with Crippen molar-refractivity contribution in [3.63, 3.8) is 0 Å². The largest absolute Gasteiger partial charge is 0.444 e. The number of piperidine rings is 1. The highest BCUT2D eigenvalue weighted by Crippen LogP contribution is 2.16. The van der Waals surface area contributed by atoms with Crippen molar-refractivity contribution in [1.82, 2.24) is 4.90 Å². The van der Waals surface area contributed by atoms with Gasteiger partial charge in [-0.05, 0) is 33.6 Å². The van der Waals surface area contributed by atoms with E-state index >= 15 is 0 Å². The van der Waals surface area contributed by atoms with E-state index in [0.717, 1.165) is 19.4 Å². The number of likely N-dealkylation sites (tertiary alicyclic amines) is 1. The maximum absolute atomic E-state index is 11.7. The summed E-state index contributed by atoms with van der Waals surface area (Å²) in [5.41, 5.74) is -0.420. The summed E-state index contributed by atoms with van der Waals surface area (Å²) in [5, 5.41) is 0. The summed E-state index contributed by atoms with van der Waals surface area (Å²) in [6.45, 7) is 7.05. The Hall–Kier alpha value is -0.770. The molecule has 15 heavy (non-hydrogen) atoms. The van der Waals surface area contributed by atoms with Gasteiger partial charge in [0.1, 0.15) is 5.60 Å². The standard InChI is InChI=1S/C11H21NO3/c1-11(2,3)15-10(13)12-7-5-6-9(8-12)14-4/h9H,5-8H2,1-4H3. The Balaban J connectivity index is 2.45. The third kappa shape index (κ3) is 4.08. The fourth-order valence-electron chi connectivity index (χ4n) is 1.62. The Morgan fingerprint density at radius 2 is 2.07 bits per heavy atom. The van der Waals surface area contributed by atoms with Crippen LogP contribution in [-0.4, -0.2) is 42.9 Å². The molecule has 0 bridgehead atoms. The topological polar surface area (TPSA) is 38.8 Å². The zero-order chi connectivity index (χ0) is 11.5. The Labute approximate surface area is 91.5 Å². The van der Waals surface area contributed by atoms with Gasteiger partial charge in [0.2, 0.25) is 0 Å².